The average molecular weight is 386 g/mol. The maximum Gasteiger partial charge on any atom is 0.211 e. The Morgan fingerprint density at radius 1 is 1.12 bits per heavy atom. The molecule has 0 bridgehead atoms. The lowest BCUT2D eigenvalue weighted by atomic mass is 10.2. The molecule has 0 saturated carbocycles. The van der Waals surface area contributed by atoms with E-state index < -0.39 is 25.1 Å². The first kappa shape index (κ1) is 19.7. The van der Waals surface area contributed by atoms with Crippen molar-refractivity contribution in [2.24, 2.45) is 0 Å². The third kappa shape index (κ3) is 4.71. The number of hydrogen-bond donors (Lipinski definition) is 1. The van der Waals surface area contributed by atoms with E-state index >= 15 is 0 Å². The minimum Gasteiger partial charge on any atom is -0.468 e. The minimum atomic E-state index is -3.84. The summed E-state index contributed by atoms with van der Waals surface area (Å²) < 4.78 is 57.9. The second-order valence-corrected chi connectivity index (χ2v) is 10.0. The van der Waals surface area contributed by atoms with Gasteiger partial charge in [0.05, 0.1) is 16.9 Å². The zero-order valence-electron chi connectivity index (χ0n) is 14.5. The Balaban J connectivity index is 2.44. The van der Waals surface area contributed by atoms with E-state index in [1.54, 1.807) is 38.1 Å². The van der Waals surface area contributed by atoms with E-state index in [-0.39, 0.29) is 23.0 Å². The molecule has 1 heterocycles. The number of rotatable bonds is 8. The van der Waals surface area contributed by atoms with Crippen molar-refractivity contribution in [1.29, 1.82) is 0 Å². The van der Waals surface area contributed by atoms with Gasteiger partial charge in [-0.1, -0.05) is 19.1 Å². The molecule has 1 N–H and O–H groups in total. The van der Waals surface area contributed by atoms with Crippen molar-refractivity contribution in [3.63, 3.8) is 0 Å². The van der Waals surface area contributed by atoms with E-state index in [9.17, 15) is 16.8 Å². The van der Waals surface area contributed by atoms with Crippen LogP contribution >= 0.6 is 0 Å². The topological polar surface area (TPSA) is 93.4 Å². The van der Waals surface area contributed by atoms with Crippen LogP contribution in [-0.4, -0.2) is 29.1 Å². The molecular weight excluding hydrogens is 362 g/mol. The first-order chi connectivity index (χ1) is 11.7. The highest BCUT2D eigenvalue weighted by Gasteiger charge is 2.33. The van der Waals surface area contributed by atoms with Gasteiger partial charge >= 0.3 is 0 Å². The third-order valence-electron chi connectivity index (χ3n) is 3.85. The third-order valence-corrected chi connectivity index (χ3v) is 7.60. The molecule has 1 aromatic carbocycles. The largest absolute Gasteiger partial charge is 0.468 e. The van der Waals surface area contributed by atoms with Crippen LogP contribution in [0.4, 0.5) is 0 Å². The van der Waals surface area contributed by atoms with E-state index in [1.807, 2.05) is 13.0 Å². The standard InChI is InChI=1S/C17H23NO5S2/c1-4-10-24(19,20)18-12-17(15-6-5-9-23-15)25(21,22)16-11-13(2)7-8-14(16)3/h5-9,11,17-18H,4,10,12H2,1-3H3/t17-/m0/s1. The Hall–Kier alpha value is -1.64. The molecule has 0 aliphatic heterocycles. The molecule has 0 amide bonds. The summed E-state index contributed by atoms with van der Waals surface area (Å²) >= 11 is 0. The molecule has 0 aliphatic rings. The van der Waals surface area contributed by atoms with Crippen molar-refractivity contribution in [3.05, 3.63) is 53.5 Å². The van der Waals surface area contributed by atoms with Crippen molar-refractivity contribution in [3.8, 4) is 0 Å². The molecule has 0 fully saturated rings. The second kappa shape index (κ2) is 7.72. The van der Waals surface area contributed by atoms with Crippen LogP contribution in [0.25, 0.3) is 0 Å². The van der Waals surface area contributed by atoms with E-state index in [0.717, 1.165) is 5.56 Å². The van der Waals surface area contributed by atoms with Crippen LogP contribution in [-0.2, 0) is 19.9 Å². The lowest BCUT2D eigenvalue weighted by Crippen LogP contribution is -2.33. The molecule has 2 rings (SSSR count). The maximum atomic E-state index is 13.2. The highest BCUT2D eigenvalue weighted by molar-refractivity contribution is 7.92. The van der Waals surface area contributed by atoms with Crippen LogP contribution in [0.5, 0.6) is 0 Å². The summed E-state index contributed by atoms with van der Waals surface area (Å²) in [5.41, 5.74) is 1.42. The predicted octanol–water partition coefficient (Wildman–Crippen LogP) is 2.74. The highest BCUT2D eigenvalue weighted by atomic mass is 32.2. The van der Waals surface area contributed by atoms with Gasteiger partial charge in [0.2, 0.25) is 10.0 Å². The molecule has 0 spiro atoms. The SMILES string of the molecule is CCCS(=O)(=O)NC[C@@H](c1ccco1)S(=O)(=O)c1cc(C)ccc1C. The van der Waals surface area contributed by atoms with Gasteiger partial charge in [-0.25, -0.2) is 21.6 Å². The summed E-state index contributed by atoms with van der Waals surface area (Å²) in [4.78, 5) is 0.184. The van der Waals surface area contributed by atoms with Crippen LogP contribution < -0.4 is 4.72 Å². The number of nitrogens with one attached hydrogen (secondary N) is 1. The van der Waals surface area contributed by atoms with Crippen molar-refractivity contribution < 1.29 is 21.3 Å². The van der Waals surface area contributed by atoms with E-state index in [2.05, 4.69) is 4.72 Å². The lowest BCUT2D eigenvalue weighted by molar-refractivity contribution is 0.486. The Morgan fingerprint density at radius 3 is 2.44 bits per heavy atom. The fourth-order valence-electron chi connectivity index (χ4n) is 2.55. The van der Waals surface area contributed by atoms with Crippen molar-refractivity contribution >= 4 is 19.9 Å². The number of aryl methyl sites for hydroxylation is 2. The van der Waals surface area contributed by atoms with Gasteiger partial charge in [0.25, 0.3) is 0 Å². The molecule has 138 valence electrons. The number of furan rings is 1. The molecule has 0 saturated heterocycles. The summed E-state index contributed by atoms with van der Waals surface area (Å²) in [5, 5.41) is -1.13. The summed E-state index contributed by atoms with van der Waals surface area (Å²) in [7, 11) is -7.37. The highest BCUT2D eigenvalue weighted by Crippen LogP contribution is 2.31. The predicted molar refractivity (Wildman–Crippen MR) is 96.6 cm³/mol. The number of sulfonamides is 1. The van der Waals surface area contributed by atoms with Crippen molar-refractivity contribution in [1.82, 2.24) is 4.72 Å². The van der Waals surface area contributed by atoms with Gasteiger partial charge in [-0.3, -0.25) is 0 Å². The van der Waals surface area contributed by atoms with Crippen LogP contribution in [0, 0.1) is 13.8 Å². The van der Waals surface area contributed by atoms with Gasteiger partial charge in [-0.15, -0.1) is 0 Å². The molecule has 6 nitrogen and oxygen atoms in total. The molecule has 0 unspecified atom stereocenters. The molecule has 1 aromatic heterocycles. The van der Waals surface area contributed by atoms with Crippen LogP contribution in [0.3, 0.4) is 0 Å². The van der Waals surface area contributed by atoms with Crippen LogP contribution in [0.1, 0.15) is 35.5 Å². The van der Waals surface area contributed by atoms with Gasteiger partial charge in [0.1, 0.15) is 11.0 Å². The Bertz CT molecular complexity index is 916. The number of benzene rings is 1. The van der Waals surface area contributed by atoms with Gasteiger partial charge in [-0.05, 0) is 49.6 Å². The van der Waals surface area contributed by atoms with E-state index in [1.165, 1.54) is 6.26 Å². The van der Waals surface area contributed by atoms with Crippen LogP contribution in [0.2, 0.25) is 0 Å². The zero-order chi connectivity index (χ0) is 18.7. The summed E-state index contributed by atoms with van der Waals surface area (Å²) in [6.45, 7) is 5.00. The van der Waals surface area contributed by atoms with Crippen molar-refractivity contribution in [2.75, 3.05) is 12.3 Å². The lowest BCUT2D eigenvalue weighted by Gasteiger charge is -2.18. The summed E-state index contributed by atoms with van der Waals surface area (Å²) in [6.07, 6.45) is 1.83. The second-order valence-electron chi connectivity index (χ2n) is 5.99. The molecule has 2 aromatic rings. The molecule has 1 atom stereocenters. The molecular formula is C17H23NO5S2. The minimum absolute atomic E-state index is 0.0542. The van der Waals surface area contributed by atoms with E-state index in [4.69, 9.17) is 4.42 Å². The van der Waals surface area contributed by atoms with Gasteiger partial charge in [0.15, 0.2) is 9.84 Å². The summed E-state index contributed by atoms with van der Waals surface area (Å²) in [5.74, 6) is 0.154. The monoisotopic (exact) mass is 385 g/mol. The van der Waals surface area contributed by atoms with Gasteiger partial charge in [0, 0.05) is 6.54 Å². The van der Waals surface area contributed by atoms with Gasteiger partial charge in [-0.2, -0.15) is 0 Å². The molecule has 8 heteroatoms. The normalized spacial score (nSPS) is 13.7. The Morgan fingerprint density at radius 2 is 1.84 bits per heavy atom. The quantitative estimate of drug-likeness (QED) is 0.754. The smallest absolute Gasteiger partial charge is 0.211 e. The fraction of sp³-hybridized carbons (Fsp3) is 0.412. The number of sulfone groups is 1. The molecule has 0 radical (unpaired) electrons. The Labute approximate surface area is 149 Å². The average Bonchev–Trinajstić information content (AvgIpc) is 3.03. The number of hydrogen-bond acceptors (Lipinski definition) is 5. The molecule has 25 heavy (non-hydrogen) atoms. The summed E-state index contributed by atoms with van der Waals surface area (Å²) in [6, 6.07) is 8.30. The van der Waals surface area contributed by atoms with E-state index in [0.29, 0.717) is 12.0 Å². The van der Waals surface area contributed by atoms with Crippen molar-refractivity contribution in [2.45, 2.75) is 37.3 Å². The first-order valence-electron chi connectivity index (χ1n) is 7.99. The zero-order valence-corrected chi connectivity index (χ0v) is 16.2. The van der Waals surface area contributed by atoms with Gasteiger partial charge < -0.3 is 4.42 Å². The fourth-order valence-corrected chi connectivity index (χ4v) is 5.67. The Kier molecular flexibility index (Phi) is 6.08. The maximum absolute atomic E-state index is 13.2. The molecule has 0 aliphatic carbocycles. The van der Waals surface area contributed by atoms with Crippen LogP contribution in [0.15, 0.2) is 45.9 Å². The first-order valence-corrected chi connectivity index (χ1v) is 11.2.